The molecule has 1 unspecified atom stereocenters. The highest BCUT2D eigenvalue weighted by atomic mass is 16.5. The molecule has 9 nitrogen and oxygen atoms in total. The maximum absolute atomic E-state index is 14.6. The first-order chi connectivity index (χ1) is 22.4. The van der Waals surface area contributed by atoms with Crippen LogP contribution in [-0.2, 0) is 20.8 Å². The van der Waals surface area contributed by atoms with E-state index in [0.29, 0.717) is 23.3 Å². The standard InChI is InChI=1S/C37H36N4O5/c1-40-24-41(37(45)30(40)23-26-11-5-2-6-12-26)32-34(28-15-9-4-10-16-28)46-29-19-17-25(18-20-29)21-22-38-35(43)31(39-36(32)44)33(42)27-13-7-3-8-14-27/h2-22,30-34,42H,23-24H2,1H3,(H,38,43)(H,39,44)/b22-21-/t30-,31-,32-,33?,34-/m0/s1. The molecule has 3 aliphatic rings. The Morgan fingerprint density at radius 2 is 1.46 bits per heavy atom. The van der Waals surface area contributed by atoms with E-state index in [0.717, 1.165) is 11.1 Å². The molecule has 0 aliphatic carbocycles. The fourth-order valence-electron chi connectivity index (χ4n) is 5.98. The second-order valence-electron chi connectivity index (χ2n) is 11.6. The van der Waals surface area contributed by atoms with Crippen molar-refractivity contribution >= 4 is 23.8 Å². The zero-order valence-electron chi connectivity index (χ0n) is 25.4. The monoisotopic (exact) mass is 616 g/mol. The first-order valence-corrected chi connectivity index (χ1v) is 15.3. The summed E-state index contributed by atoms with van der Waals surface area (Å²) in [5.41, 5.74) is 2.93. The van der Waals surface area contributed by atoms with E-state index >= 15 is 0 Å². The number of hydrogen-bond acceptors (Lipinski definition) is 6. The largest absolute Gasteiger partial charge is 0.483 e. The summed E-state index contributed by atoms with van der Waals surface area (Å²) in [6, 6.07) is 31.8. The van der Waals surface area contributed by atoms with Crippen LogP contribution in [0.4, 0.5) is 0 Å². The van der Waals surface area contributed by atoms with Crippen molar-refractivity contribution in [2.24, 2.45) is 0 Å². The molecule has 1 saturated heterocycles. The van der Waals surface area contributed by atoms with E-state index in [1.165, 1.54) is 11.1 Å². The lowest BCUT2D eigenvalue weighted by Crippen LogP contribution is -2.58. The number of fused-ring (bicyclic) bond motifs is 10. The summed E-state index contributed by atoms with van der Waals surface area (Å²) in [5, 5.41) is 16.9. The lowest BCUT2D eigenvalue weighted by Gasteiger charge is -2.35. The Kier molecular flexibility index (Phi) is 9.23. The van der Waals surface area contributed by atoms with Gasteiger partial charge in [0.1, 0.15) is 17.9 Å². The summed E-state index contributed by atoms with van der Waals surface area (Å²) in [7, 11) is 1.85. The Labute approximate surface area is 268 Å². The van der Waals surface area contributed by atoms with E-state index < -0.39 is 42.1 Å². The summed E-state index contributed by atoms with van der Waals surface area (Å²) < 4.78 is 6.58. The molecule has 0 saturated carbocycles. The van der Waals surface area contributed by atoms with Crippen molar-refractivity contribution in [1.82, 2.24) is 20.4 Å². The van der Waals surface area contributed by atoms with Crippen molar-refractivity contribution in [3.8, 4) is 5.75 Å². The Balaban J connectivity index is 1.44. The number of aliphatic hydroxyl groups is 1. The molecule has 46 heavy (non-hydrogen) atoms. The van der Waals surface area contributed by atoms with Crippen LogP contribution < -0.4 is 15.4 Å². The van der Waals surface area contributed by atoms with Crippen molar-refractivity contribution in [2.45, 2.75) is 36.8 Å². The fourth-order valence-corrected chi connectivity index (χ4v) is 5.98. The van der Waals surface area contributed by atoms with E-state index in [1.54, 1.807) is 48.5 Å². The molecule has 1 fully saturated rings. The summed E-state index contributed by atoms with van der Waals surface area (Å²) in [5.74, 6) is -0.979. The van der Waals surface area contributed by atoms with Crippen LogP contribution in [0.2, 0.25) is 0 Å². The van der Waals surface area contributed by atoms with Gasteiger partial charge >= 0.3 is 0 Å². The second kappa shape index (κ2) is 13.8. The predicted octanol–water partition coefficient (Wildman–Crippen LogP) is 3.84. The molecule has 0 radical (unpaired) electrons. The van der Waals surface area contributed by atoms with Gasteiger partial charge in [0.25, 0.3) is 0 Å². The number of ether oxygens (including phenoxy) is 1. The summed E-state index contributed by atoms with van der Waals surface area (Å²) in [6.45, 7) is 0.154. The van der Waals surface area contributed by atoms with Gasteiger partial charge in [0.15, 0.2) is 12.1 Å². The van der Waals surface area contributed by atoms with Crippen molar-refractivity contribution in [2.75, 3.05) is 13.7 Å². The van der Waals surface area contributed by atoms with E-state index in [2.05, 4.69) is 10.6 Å². The molecule has 9 heteroatoms. The fraction of sp³-hybridized carbons (Fsp3) is 0.216. The van der Waals surface area contributed by atoms with Gasteiger partial charge in [0, 0.05) is 6.20 Å². The molecular formula is C37H36N4O5. The zero-order chi connectivity index (χ0) is 32.0. The highest BCUT2D eigenvalue weighted by Crippen LogP contribution is 2.32. The van der Waals surface area contributed by atoms with Crippen LogP contribution in [-0.4, -0.2) is 64.5 Å². The van der Waals surface area contributed by atoms with Gasteiger partial charge in [0.2, 0.25) is 17.7 Å². The number of amides is 3. The quantitative estimate of drug-likeness (QED) is 0.304. The predicted molar refractivity (Wildman–Crippen MR) is 174 cm³/mol. The molecule has 3 heterocycles. The van der Waals surface area contributed by atoms with Crippen molar-refractivity contribution in [3.05, 3.63) is 144 Å². The number of benzene rings is 4. The summed E-state index contributed by atoms with van der Waals surface area (Å²) >= 11 is 0. The Morgan fingerprint density at radius 3 is 2.13 bits per heavy atom. The topological polar surface area (TPSA) is 111 Å². The lowest BCUT2D eigenvalue weighted by molar-refractivity contribution is -0.143. The van der Waals surface area contributed by atoms with Crippen LogP contribution in [0.15, 0.2) is 121 Å². The Bertz CT molecular complexity index is 1680. The third-order valence-electron chi connectivity index (χ3n) is 8.45. The number of nitrogens with zero attached hydrogens (tertiary/aromatic N) is 2. The van der Waals surface area contributed by atoms with Crippen LogP contribution in [0.5, 0.6) is 5.75 Å². The number of likely N-dealkylation sites (N-methyl/N-ethyl adjacent to an activating group) is 1. The third kappa shape index (κ3) is 6.71. The van der Waals surface area contributed by atoms with Gasteiger partial charge in [-0.3, -0.25) is 19.3 Å². The van der Waals surface area contributed by atoms with E-state index in [9.17, 15) is 19.5 Å². The number of carbonyl (C=O) groups is 3. The van der Waals surface area contributed by atoms with Gasteiger partial charge in [-0.25, -0.2) is 0 Å². The van der Waals surface area contributed by atoms with Crippen LogP contribution >= 0.6 is 0 Å². The van der Waals surface area contributed by atoms with Crippen molar-refractivity contribution in [1.29, 1.82) is 0 Å². The van der Waals surface area contributed by atoms with Crippen molar-refractivity contribution < 1.29 is 24.2 Å². The zero-order valence-corrected chi connectivity index (χ0v) is 25.4. The second-order valence-corrected chi connectivity index (χ2v) is 11.6. The first-order valence-electron chi connectivity index (χ1n) is 15.3. The molecule has 5 atom stereocenters. The Morgan fingerprint density at radius 1 is 0.826 bits per heavy atom. The molecule has 3 aliphatic heterocycles. The molecule has 2 bridgehead atoms. The molecule has 3 N–H and O–H groups in total. The lowest BCUT2D eigenvalue weighted by atomic mass is 9.97. The highest BCUT2D eigenvalue weighted by molar-refractivity contribution is 5.95. The normalized spacial score (nSPS) is 23.6. The van der Waals surface area contributed by atoms with Gasteiger partial charge in [0.05, 0.1) is 12.7 Å². The van der Waals surface area contributed by atoms with Crippen molar-refractivity contribution in [3.63, 3.8) is 0 Å². The molecule has 7 rings (SSSR count). The van der Waals surface area contributed by atoms with Crippen LogP contribution in [0.25, 0.3) is 6.08 Å². The molecule has 4 aromatic carbocycles. The first kappa shape index (κ1) is 30.8. The van der Waals surface area contributed by atoms with Gasteiger partial charge < -0.3 is 25.4 Å². The molecule has 0 aromatic heterocycles. The van der Waals surface area contributed by atoms with E-state index in [1.807, 2.05) is 84.7 Å². The number of nitrogens with one attached hydrogen (secondary N) is 2. The maximum atomic E-state index is 14.6. The van der Waals surface area contributed by atoms with Crippen LogP contribution in [0.1, 0.15) is 34.5 Å². The van der Waals surface area contributed by atoms with Gasteiger partial charge in [-0.2, -0.15) is 0 Å². The smallest absolute Gasteiger partial charge is 0.249 e. The van der Waals surface area contributed by atoms with Gasteiger partial charge in [-0.05, 0) is 53.9 Å². The van der Waals surface area contributed by atoms with Crippen LogP contribution in [0.3, 0.4) is 0 Å². The number of rotatable bonds is 6. The summed E-state index contributed by atoms with van der Waals surface area (Å²) in [6.07, 6.45) is 1.33. The van der Waals surface area contributed by atoms with Gasteiger partial charge in [-0.1, -0.05) is 103 Å². The Hall–Kier alpha value is -5.25. The molecular weight excluding hydrogens is 580 g/mol. The molecule has 4 aromatic rings. The minimum absolute atomic E-state index is 0.154. The molecule has 234 valence electrons. The average Bonchev–Trinajstić information content (AvgIpc) is 3.36. The van der Waals surface area contributed by atoms with Crippen LogP contribution in [0, 0.1) is 0 Å². The third-order valence-corrected chi connectivity index (χ3v) is 8.45. The SMILES string of the molecule is CN1CN([C@@H]2C(=O)N[C@@H](C(O)c3ccccc3)C(=O)N/C=C\c3ccc(cc3)O[C@H]2c2ccccc2)C(=O)[C@@H]1Cc1ccccc1. The van der Waals surface area contributed by atoms with Gasteiger partial charge in [-0.15, -0.1) is 0 Å². The number of carbonyl (C=O) groups excluding carboxylic acids is 3. The number of aliphatic hydroxyl groups excluding tert-OH is 1. The average molecular weight is 617 g/mol. The molecule has 0 spiro atoms. The highest BCUT2D eigenvalue weighted by Gasteiger charge is 2.47. The number of hydrogen-bond donors (Lipinski definition) is 3. The molecule has 3 amide bonds. The minimum atomic E-state index is -1.38. The van der Waals surface area contributed by atoms with E-state index in [4.69, 9.17) is 4.74 Å². The summed E-state index contributed by atoms with van der Waals surface area (Å²) in [4.78, 5) is 45.9. The maximum Gasteiger partial charge on any atom is 0.249 e. The minimum Gasteiger partial charge on any atom is -0.483 e. The van der Waals surface area contributed by atoms with E-state index in [-0.39, 0.29) is 12.6 Å².